The van der Waals surface area contributed by atoms with Crippen LogP contribution in [0.15, 0.2) is 45.9 Å². The van der Waals surface area contributed by atoms with Gasteiger partial charge in [-0.3, -0.25) is 0 Å². The van der Waals surface area contributed by atoms with Crippen LogP contribution < -0.4 is 10.0 Å². The molecule has 1 heterocycles. The lowest BCUT2D eigenvalue weighted by atomic mass is 9.95. The van der Waals surface area contributed by atoms with Crippen molar-refractivity contribution in [3.8, 4) is 0 Å². The maximum Gasteiger partial charge on any atom is 0.337 e. The number of carbonyl (C=O) groups is 1. The van der Waals surface area contributed by atoms with Crippen molar-refractivity contribution in [2.45, 2.75) is 49.6 Å². The minimum atomic E-state index is -3.84. The quantitative estimate of drug-likeness (QED) is 0.683. The second-order valence-electron chi connectivity index (χ2n) is 6.40. The molecule has 8 heteroatoms. The highest BCUT2D eigenvalue weighted by Gasteiger charge is 2.21. The molecule has 0 atom stereocenters. The smallest absolute Gasteiger partial charge is 0.337 e. The van der Waals surface area contributed by atoms with E-state index in [0.717, 1.165) is 25.7 Å². The van der Waals surface area contributed by atoms with Gasteiger partial charge in [-0.05, 0) is 43.2 Å². The number of hydrogen-bond acceptors (Lipinski definition) is 5. The van der Waals surface area contributed by atoms with E-state index in [1.807, 2.05) is 0 Å². The van der Waals surface area contributed by atoms with E-state index in [1.54, 1.807) is 12.1 Å². The first-order valence-corrected chi connectivity index (χ1v) is 10.1. The molecule has 7 nitrogen and oxygen atoms in total. The van der Waals surface area contributed by atoms with Crippen molar-refractivity contribution in [3.05, 3.63) is 47.9 Å². The number of rotatable bonds is 7. The maximum atomic E-state index is 12.4. The summed E-state index contributed by atoms with van der Waals surface area (Å²) in [4.78, 5) is 11.5. The van der Waals surface area contributed by atoms with E-state index in [4.69, 9.17) is 4.42 Å². The van der Waals surface area contributed by atoms with Crippen LogP contribution in [-0.2, 0) is 16.6 Å². The minimum absolute atomic E-state index is 0.000185. The standard InChI is InChI=1S/C18H22N2O5S/c21-18(22)16-11-15(26(23,24)19-12-14-7-4-10-25-14)8-9-17(16)20-13-5-2-1-3-6-13/h4,7-11,13,19-20H,1-3,5-6,12H2,(H,21,22). The lowest BCUT2D eigenvalue weighted by molar-refractivity contribution is 0.0697. The number of carboxylic acids is 1. The summed E-state index contributed by atoms with van der Waals surface area (Å²) in [6.45, 7) is -0.000185. The van der Waals surface area contributed by atoms with Crippen LogP contribution in [0, 0.1) is 0 Å². The molecule has 1 aromatic heterocycles. The van der Waals surface area contributed by atoms with Gasteiger partial charge in [-0.25, -0.2) is 17.9 Å². The van der Waals surface area contributed by atoms with E-state index in [-0.39, 0.29) is 23.0 Å². The summed E-state index contributed by atoms with van der Waals surface area (Å²) in [6, 6.07) is 7.68. The molecule has 1 fully saturated rings. The number of sulfonamides is 1. The monoisotopic (exact) mass is 378 g/mol. The molecule has 1 aliphatic carbocycles. The summed E-state index contributed by atoms with van der Waals surface area (Å²) in [6.07, 6.45) is 6.86. The van der Waals surface area contributed by atoms with Gasteiger partial charge >= 0.3 is 5.97 Å². The van der Waals surface area contributed by atoms with E-state index in [2.05, 4.69) is 10.0 Å². The van der Waals surface area contributed by atoms with E-state index >= 15 is 0 Å². The van der Waals surface area contributed by atoms with Crippen LogP contribution in [0.1, 0.15) is 48.2 Å². The maximum absolute atomic E-state index is 12.4. The number of benzene rings is 1. The Bertz CT molecular complexity index is 856. The number of nitrogens with one attached hydrogen (secondary N) is 2. The third kappa shape index (κ3) is 4.44. The topological polar surface area (TPSA) is 109 Å². The zero-order valence-corrected chi connectivity index (χ0v) is 15.1. The molecule has 0 unspecified atom stereocenters. The van der Waals surface area contributed by atoms with Crippen molar-refractivity contribution < 1.29 is 22.7 Å². The number of furan rings is 1. The molecule has 3 rings (SSSR count). The van der Waals surface area contributed by atoms with Crippen LogP contribution in [0.4, 0.5) is 5.69 Å². The summed E-state index contributed by atoms with van der Waals surface area (Å²) < 4.78 is 32.4. The van der Waals surface area contributed by atoms with Crippen molar-refractivity contribution in [1.82, 2.24) is 4.72 Å². The van der Waals surface area contributed by atoms with Crippen LogP contribution in [0.25, 0.3) is 0 Å². The molecule has 0 spiro atoms. The summed E-state index contributed by atoms with van der Waals surface area (Å²) in [5.41, 5.74) is 0.408. The highest BCUT2D eigenvalue weighted by Crippen LogP contribution is 2.26. The average Bonchev–Trinajstić information content (AvgIpc) is 3.14. The molecule has 1 saturated carbocycles. The Kier molecular flexibility index (Phi) is 5.63. The van der Waals surface area contributed by atoms with Crippen LogP contribution in [0.3, 0.4) is 0 Å². The first-order chi connectivity index (χ1) is 12.5. The molecule has 2 aromatic rings. The van der Waals surface area contributed by atoms with Gasteiger partial charge in [0.1, 0.15) is 5.76 Å². The van der Waals surface area contributed by atoms with E-state index in [1.165, 1.54) is 30.9 Å². The Morgan fingerprint density at radius 2 is 1.96 bits per heavy atom. The van der Waals surface area contributed by atoms with Crippen LogP contribution in [0.5, 0.6) is 0 Å². The van der Waals surface area contributed by atoms with E-state index in [9.17, 15) is 18.3 Å². The average molecular weight is 378 g/mol. The molecule has 1 aliphatic rings. The molecule has 0 aliphatic heterocycles. The third-order valence-electron chi connectivity index (χ3n) is 4.51. The summed E-state index contributed by atoms with van der Waals surface area (Å²) >= 11 is 0. The van der Waals surface area contributed by atoms with Gasteiger partial charge < -0.3 is 14.8 Å². The molecular formula is C18H22N2O5S. The lowest BCUT2D eigenvalue weighted by Crippen LogP contribution is -2.25. The fourth-order valence-corrected chi connectivity index (χ4v) is 4.14. The minimum Gasteiger partial charge on any atom is -0.478 e. The van der Waals surface area contributed by atoms with Crippen LogP contribution in [0.2, 0.25) is 0 Å². The second-order valence-corrected chi connectivity index (χ2v) is 8.16. The molecule has 0 amide bonds. The van der Waals surface area contributed by atoms with Gasteiger partial charge in [0, 0.05) is 11.7 Å². The normalized spacial score (nSPS) is 15.7. The fourth-order valence-electron chi connectivity index (χ4n) is 3.12. The van der Waals surface area contributed by atoms with Crippen LogP contribution >= 0.6 is 0 Å². The SMILES string of the molecule is O=C(O)c1cc(S(=O)(=O)NCc2ccco2)ccc1NC1CCCCC1. The fraction of sp³-hybridized carbons (Fsp3) is 0.389. The van der Waals surface area contributed by atoms with Crippen molar-refractivity contribution in [3.63, 3.8) is 0 Å². The molecule has 0 bridgehead atoms. The predicted octanol–water partition coefficient (Wildman–Crippen LogP) is 3.20. The zero-order valence-electron chi connectivity index (χ0n) is 14.3. The lowest BCUT2D eigenvalue weighted by Gasteiger charge is -2.24. The second kappa shape index (κ2) is 7.92. The Morgan fingerprint density at radius 3 is 2.62 bits per heavy atom. The number of aromatic carboxylic acids is 1. The molecule has 26 heavy (non-hydrogen) atoms. The summed E-state index contributed by atoms with van der Waals surface area (Å²) in [5.74, 6) is -0.686. The number of hydrogen-bond donors (Lipinski definition) is 3. The van der Waals surface area contributed by atoms with Gasteiger partial charge in [0.2, 0.25) is 10.0 Å². The zero-order chi connectivity index (χ0) is 18.6. The highest BCUT2D eigenvalue weighted by atomic mass is 32.2. The van der Waals surface area contributed by atoms with Gasteiger partial charge in [-0.2, -0.15) is 0 Å². The Morgan fingerprint density at radius 1 is 1.19 bits per heavy atom. The van der Waals surface area contributed by atoms with E-state index < -0.39 is 16.0 Å². The summed E-state index contributed by atoms with van der Waals surface area (Å²) in [5, 5.41) is 12.7. The third-order valence-corrected chi connectivity index (χ3v) is 5.91. The van der Waals surface area contributed by atoms with E-state index in [0.29, 0.717) is 11.4 Å². The molecule has 140 valence electrons. The molecule has 1 aromatic carbocycles. The Labute approximate surface area is 152 Å². The number of carboxylic acid groups (broad SMARTS) is 1. The van der Waals surface area contributed by atoms with Crippen molar-refractivity contribution in [2.24, 2.45) is 0 Å². The first kappa shape index (κ1) is 18.5. The van der Waals surface area contributed by atoms with Gasteiger partial charge in [0.25, 0.3) is 0 Å². The van der Waals surface area contributed by atoms with Crippen LogP contribution in [-0.4, -0.2) is 25.5 Å². The molecule has 3 N–H and O–H groups in total. The Balaban J connectivity index is 1.79. The summed E-state index contributed by atoms with van der Waals surface area (Å²) in [7, 11) is -3.84. The molecule has 0 radical (unpaired) electrons. The van der Waals surface area contributed by atoms with Crippen molar-refractivity contribution >= 4 is 21.7 Å². The Hall–Kier alpha value is -2.32. The largest absolute Gasteiger partial charge is 0.478 e. The van der Waals surface area contributed by atoms with Gasteiger partial charge in [-0.1, -0.05) is 19.3 Å². The predicted molar refractivity (Wildman–Crippen MR) is 96.6 cm³/mol. The van der Waals surface area contributed by atoms with Crippen molar-refractivity contribution in [2.75, 3.05) is 5.32 Å². The van der Waals surface area contributed by atoms with Gasteiger partial charge in [0.05, 0.1) is 23.3 Å². The molecule has 0 saturated heterocycles. The highest BCUT2D eigenvalue weighted by molar-refractivity contribution is 7.89. The van der Waals surface area contributed by atoms with Gasteiger partial charge in [0.15, 0.2) is 0 Å². The molecular weight excluding hydrogens is 356 g/mol. The van der Waals surface area contributed by atoms with Gasteiger partial charge in [-0.15, -0.1) is 0 Å². The number of anilines is 1. The van der Waals surface area contributed by atoms with Crippen molar-refractivity contribution in [1.29, 1.82) is 0 Å². The first-order valence-electron chi connectivity index (χ1n) is 8.61.